The van der Waals surface area contributed by atoms with Crippen molar-refractivity contribution in [3.05, 3.63) is 80.2 Å². The molecule has 30 heavy (non-hydrogen) atoms. The summed E-state index contributed by atoms with van der Waals surface area (Å²) in [5.74, 6) is -0.584. The molecule has 0 fully saturated rings. The maximum atomic E-state index is 12.8. The fourth-order valence-corrected chi connectivity index (χ4v) is 3.92. The zero-order valence-corrected chi connectivity index (χ0v) is 18.0. The Bertz CT molecular complexity index is 1290. The molecule has 0 saturated heterocycles. The van der Waals surface area contributed by atoms with Gasteiger partial charge in [-0.05, 0) is 48.9 Å². The average Bonchev–Trinajstić information content (AvgIpc) is 2.73. The maximum Gasteiger partial charge on any atom is 0.337 e. The van der Waals surface area contributed by atoms with Crippen molar-refractivity contribution in [3.8, 4) is 5.69 Å². The van der Waals surface area contributed by atoms with E-state index in [-0.39, 0.29) is 26.2 Å². The molecule has 3 rings (SSSR count). The van der Waals surface area contributed by atoms with E-state index < -0.39 is 21.6 Å². The van der Waals surface area contributed by atoms with Crippen LogP contribution in [0, 0.1) is 6.92 Å². The third-order valence-corrected chi connectivity index (χ3v) is 6.30. The fourth-order valence-electron chi connectivity index (χ4n) is 2.54. The summed E-state index contributed by atoms with van der Waals surface area (Å²) in [7, 11) is -2.73. The lowest BCUT2D eigenvalue weighted by Gasteiger charge is -2.12. The van der Waals surface area contributed by atoms with Gasteiger partial charge < -0.3 is 4.74 Å². The number of halogens is 2. The van der Waals surface area contributed by atoms with E-state index in [0.29, 0.717) is 11.3 Å². The largest absolute Gasteiger partial charge is 0.465 e. The van der Waals surface area contributed by atoms with Crippen molar-refractivity contribution in [2.75, 3.05) is 11.8 Å². The van der Waals surface area contributed by atoms with E-state index in [1.165, 1.54) is 49.7 Å². The summed E-state index contributed by atoms with van der Waals surface area (Å²) in [5.41, 5.74) is 0.745. The Hall–Kier alpha value is -2.88. The van der Waals surface area contributed by atoms with E-state index in [9.17, 15) is 18.0 Å². The van der Waals surface area contributed by atoms with Crippen LogP contribution in [0.2, 0.25) is 10.0 Å². The Kier molecular flexibility index (Phi) is 6.16. The van der Waals surface area contributed by atoms with Gasteiger partial charge in [0.05, 0.1) is 40.2 Å². The van der Waals surface area contributed by atoms with Crippen LogP contribution < -0.4 is 10.3 Å². The molecule has 0 aliphatic heterocycles. The number of esters is 1. The number of nitrogens with zero attached hydrogens (tertiary/aromatic N) is 2. The SMILES string of the molecule is COC(=O)c1ccc(C)c(NS(=O)(=O)c2ccc(-n3ncc(Cl)c(Cl)c3=O)cc2)c1. The highest BCUT2D eigenvalue weighted by molar-refractivity contribution is 7.92. The Labute approximate surface area is 182 Å². The highest BCUT2D eigenvalue weighted by Gasteiger charge is 2.18. The predicted octanol–water partition coefficient (Wildman–Crippen LogP) is 3.44. The van der Waals surface area contributed by atoms with Crippen LogP contribution in [-0.4, -0.2) is 31.3 Å². The number of aryl methyl sites for hydroxylation is 1. The van der Waals surface area contributed by atoms with Crippen LogP contribution in [0.3, 0.4) is 0 Å². The van der Waals surface area contributed by atoms with Crippen molar-refractivity contribution >= 4 is 44.9 Å². The Balaban J connectivity index is 1.92. The van der Waals surface area contributed by atoms with Gasteiger partial charge in [-0.15, -0.1) is 0 Å². The number of nitrogens with one attached hydrogen (secondary N) is 1. The third-order valence-electron chi connectivity index (χ3n) is 4.17. The van der Waals surface area contributed by atoms with Crippen LogP contribution in [0.15, 0.2) is 58.4 Å². The average molecular weight is 468 g/mol. The summed E-state index contributed by atoms with van der Waals surface area (Å²) in [6, 6.07) is 9.98. The highest BCUT2D eigenvalue weighted by atomic mass is 35.5. The first-order valence-electron chi connectivity index (χ1n) is 8.39. The predicted molar refractivity (Wildman–Crippen MR) is 113 cm³/mol. The third kappa shape index (κ3) is 4.33. The molecule has 0 bridgehead atoms. The molecule has 0 aliphatic rings. The molecule has 1 heterocycles. The molecule has 156 valence electrons. The molecule has 8 nitrogen and oxygen atoms in total. The van der Waals surface area contributed by atoms with Gasteiger partial charge in [0.1, 0.15) is 5.02 Å². The number of hydrogen-bond donors (Lipinski definition) is 1. The quantitative estimate of drug-likeness (QED) is 0.575. The molecule has 1 N–H and O–H groups in total. The summed E-state index contributed by atoms with van der Waals surface area (Å²) in [4.78, 5) is 23.8. The number of rotatable bonds is 5. The Morgan fingerprint density at radius 3 is 2.43 bits per heavy atom. The van der Waals surface area contributed by atoms with Crippen LogP contribution in [0.4, 0.5) is 5.69 Å². The first-order valence-corrected chi connectivity index (χ1v) is 10.6. The second-order valence-corrected chi connectivity index (χ2v) is 8.61. The van der Waals surface area contributed by atoms with E-state index in [1.807, 2.05) is 0 Å². The Morgan fingerprint density at radius 1 is 1.13 bits per heavy atom. The monoisotopic (exact) mass is 467 g/mol. The minimum atomic E-state index is -3.97. The van der Waals surface area contributed by atoms with E-state index in [0.717, 1.165) is 4.68 Å². The molecule has 11 heteroatoms. The van der Waals surface area contributed by atoms with Crippen molar-refractivity contribution in [1.29, 1.82) is 0 Å². The lowest BCUT2D eigenvalue weighted by atomic mass is 10.1. The fraction of sp³-hybridized carbons (Fsp3) is 0.105. The molecular formula is C19H15Cl2N3O5S. The maximum absolute atomic E-state index is 12.8. The van der Waals surface area contributed by atoms with E-state index >= 15 is 0 Å². The van der Waals surface area contributed by atoms with Crippen LogP contribution in [0.25, 0.3) is 5.69 Å². The highest BCUT2D eigenvalue weighted by Crippen LogP contribution is 2.23. The van der Waals surface area contributed by atoms with Crippen molar-refractivity contribution in [2.45, 2.75) is 11.8 Å². The molecule has 0 unspecified atom stereocenters. The van der Waals surface area contributed by atoms with Crippen LogP contribution in [-0.2, 0) is 14.8 Å². The molecule has 3 aromatic rings. The second-order valence-electron chi connectivity index (χ2n) is 6.14. The molecule has 0 spiro atoms. The number of anilines is 1. The first-order chi connectivity index (χ1) is 14.1. The zero-order valence-electron chi connectivity index (χ0n) is 15.7. The summed E-state index contributed by atoms with van der Waals surface area (Å²) >= 11 is 11.6. The molecule has 1 aromatic heterocycles. The van der Waals surface area contributed by atoms with E-state index in [2.05, 4.69) is 14.6 Å². The van der Waals surface area contributed by atoms with Crippen molar-refractivity contribution in [1.82, 2.24) is 9.78 Å². The summed E-state index contributed by atoms with van der Waals surface area (Å²) in [6.07, 6.45) is 1.22. The smallest absolute Gasteiger partial charge is 0.337 e. The molecule has 2 aromatic carbocycles. The molecule has 0 aliphatic carbocycles. The number of hydrogen-bond acceptors (Lipinski definition) is 6. The van der Waals surface area contributed by atoms with E-state index in [4.69, 9.17) is 23.2 Å². The number of ether oxygens (including phenoxy) is 1. The van der Waals surface area contributed by atoms with Gasteiger partial charge in [-0.3, -0.25) is 9.52 Å². The normalized spacial score (nSPS) is 11.2. The van der Waals surface area contributed by atoms with Crippen molar-refractivity contribution in [3.63, 3.8) is 0 Å². The van der Waals surface area contributed by atoms with Crippen LogP contribution in [0.5, 0.6) is 0 Å². The van der Waals surface area contributed by atoms with Gasteiger partial charge in [-0.25, -0.2) is 13.2 Å². The van der Waals surface area contributed by atoms with Crippen LogP contribution >= 0.6 is 23.2 Å². The molecular weight excluding hydrogens is 453 g/mol. The first kappa shape index (κ1) is 21.8. The van der Waals surface area contributed by atoms with E-state index in [1.54, 1.807) is 13.0 Å². The number of aromatic nitrogens is 2. The number of carbonyl (C=O) groups excluding carboxylic acids is 1. The summed E-state index contributed by atoms with van der Waals surface area (Å²) in [5, 5.41) is 3.72. The number of sulfonamides is 1. The molecule has 0 amide bonds. The molecule has 0 atom stereocenters. The number of methoxy groups -OCH3 is 1. The van der Waals surface area contributed by atoms with Gasteiger partial charge in [0.2, 0.25) is 0 Å². The molecule has 0 radical (unpaired) electrons. The van der Waals surface area contributed by atoms with Gasteiger partial charge in [-0.1, -0.05) is 29.3 Å². The summed E-state index contributed by atoms with van der Waals surface area (Å²) in [6.45, 7) is 1.70. The standard InChI is InChI=1S/C19H15Cl2N3O5S/c1-11-3-4-12(19(26)29-2)9-16(11)23-30(27,28)14-7-5-13(6-8-14)24-18(25)17(21)15(20)10-22-24/h3-10,23H,1-2H3. The lowest BCUT2D eigenvalue weighted by molar-refractivity contribution is 0.0601. The zero-order chi connectivity index (χ0) is 22.1. The minimum absolute atomic E-state index is 0.0193. The van der Waals surface area contributed by atoms with Crippen LogP contribution in [0.1, 0.15) is 15.9 Å². The number of benzene rings is 2. The minimum Gasteiger partial charge on any atom is -0.465 e. The lowest BCUT2D eigenvalue weighted by Crippen LogP contribution is -2.21. The van der Waals surface area contributed by atoms with Gasteiger partial charge in [-0.2, -0.15) is 9.78 Å². The Morgan fingerprint density at radius 2 is 1.80 bits per heavy atom. The van der Waals surface area contributed by atoms with Gasteiger partial charge in [0.25, 0.3) is 15.6 Å². The van der Waals surface area contributed by atoms with Gasteiger partial charge >= 0.3 is 5.97 Å². The molecule has 0 saturated carbocycles. The topological polar surface area (TPSA) is 107 Å². The van der Waals surface area contributed by atoms with Crippen molar-refractivity contribution < 1.29 is 17.9 Å². The van der Waals surface area contributed by atoms with Crippen molar-refractivity contribution in [2.24, 2.45) is 0 Å². The van der Waals surface area contributed by atoms with Gasteiger partial charge in [0.15, 0.2) is 0 Å². The number of carbonyl (C=O) groups is 1. The summed E-state index contributed by atoms with van der Waals surface area (Å²) < 4.78 is 33.6. The second kappa shape index (κ2) is 8.47. The van der Waals surface area contributed by atoms with Gasteiger partial charge in [0, 0.05) is 0 Å².